The highest BCUT2D eigenvalue weighted by molar-refractivity contribution is 5.71. The number of hydrogen-bond acceptors (Lipinski definition) is 6. The maximum atomic E-state index is 12.8. The highest BCUT2D eigenvalue weighted by Gasteiger charge is 2.19. The Morgan fingerprint density at radius 2 is 0.661 bits per heavy atom. The van der Waals surface area contributed by atoms with E-state index < -0.39 is 6.10 Å². The van der Waals surface area contributed by atoms with Gasteiger partial charge in [-0.1, -0.05) is 216 Å². The molecule has 0 amide bonds. The predicted molar refractivity (Wildman–Crippen MR) is 265 cm³/mol. The molecule has 0 aromatic carbocycles. The average molecular weight is 865 g/mol. The van der Waals surface area contributed by atoms with E-state index in [0.717, 1.165) is 103 Å². The van der Waals surface area contributed by atoms with Gasteiger partial charge in [-0.3, -0.25) is 14.4 Å². The molecule has 0 heterocycles. The van der Waals surface area contributed by atoms with Gasteiger partial charge < -0.3 is 14.2 Å². The van der Waals surface area contributed by atoms with Gasteiger partial charge in [0.15, 0.2) is 6.10 Å². The summed E-state index contributed by atoms with van der Waals surface area (Å²) in [5.41, 5.74) is 0. The zero-order valence-electron chi connectivity index (χ0n) is 40.6. The van der Waals surface area contributed by atoms with E-state index in [0.29, 0.717) is 19.3 Å². The second-order valence-electron chi connectivity index (χ2n) is 17.1. The largest absolute Gasteiger partial charge is 0.462 e. The van der Waals surface area contributed by atoms with Gasteiger partial charge in [-0.25, -0.2) is 0 Å². The summed E-state index contributed by atoms with van der Waals surface area (Å²) in [4.78, 5) is 37.9. The van der Waals surface area contributed by atoms with Crippen molar-refractivity contribution in [3.8, 4) is 0 Å². The maximum absolute atomic E-state index is 12.8. The Morgan fingerprint density at radius 1 is 0.339 bits per heavy atom. The first-order chi connectivity index (χ1) is 30.5. The van der Waals surface area contributed by atoms with Crippen LogP contribution in [0, 0.1) is 0 Å². The van der Waals surface area contributed by atoms with Crippen LogP contribution in [0.3, 0.4) is 0 Å². The topological polar surface area (TPSA) is 78.9 Å². The van der Waals surface area contributed by atoms with Crippen molar-refractivity contribution < 1.29 is 28.6 Å². The maximum Gasteiger partial charge on any atom is 0.306 e. The summed E-state index contributed by atoms with van der Waals surface area (Å²) in [6.07, 6.45) is 63.2. The second kappa shape index (κ2) is 50.5. The van der Waals surface area contributed by atoms with Crippen LogP contribution in [-0.4, -0.2) is 37.2 Å². The molecule has 0 bridgehead atoms. The van der Waals surface area contributed by atoms with Crippen molar-refractivity contribution in [3.05, 3.63) is 72.9 Å². The van der Waals surface area contributed by atoms with Gasteiger partial charge in [0, 0.05) is 19.3 Å². The van der Waals surface area contributed by atoms with Gasteiger partial charge in [-0.2, -0.15) is 0 Å². The van der Waals surface area contributed by atoms with Crippen LogP contribution in [0.4, 0.5) is 0 Å². The Balaban J connectivity index is 4.37. The molecule has 0 saturated heterocycles. The fourth-order valence-electron chi connectivity index (χ4n) is 7.07. The predicted octanol–water partition coefficient (Wildman–Crippen LogP) is 17.0. The van der Waals surface area contributed by atoms with E-state index in [1.54, 1.807) is 0 Å². The van der Waals surface area contributed by atoms with Crippen LogP contribution in [0.5, 0.6) is 0 Å². The molecule has 0 rings (SSSR count). The first-order valence-electron chi connectivity index (χ1n) is 26.0. The fourth-order valence-corrected chi connectivity index (χ4v) is 7.07. The monoisotopic (exact) mass is 865 g/mol. The molecule has 0 aliphatic carbocycles. The molecular formula is C56H96O6. The second-order valence-corrected chi connectivity index (χ2v) is 17.1. The molecule has 356 valence electrons. The number of allylic oxidation sites excluding steroid dienone is 12. The number of carbonyl (C=O) groups excluding carboxylic acids is 3. The van der Waals surface area contributed by atoms with Crippen LogP contribution in [0.2, 0.25) is 0 Å². The quantitative estimate of drug-likeness (QED) is 0.0199. The minimum atomic E-state index is -0.793. The van der Waals surface area contributed by atoms with Crippen LogP contribution in [0.1, 0.15) is 245 Å². The standard InChI is InChI=1S/C56H96O6/c1-4-7-10-13-16-19-22-24-26-27-28-29-31-32-34-37-40-43-46-49-55(58)61-52-53(51-60-54(57)48-45-42-39-36-21-18-15-12-9-6-3)62-56(59)50-47-44-41-38-35-33-30-25-23-20-17-14-11-8-5-2/h8,11,14-15,17-18,20,23,25,27-28,30,53H,4-7,9-10,12-13,16,19,21-22,24,26,29,31-52H2,1-3H3/b11-8-,17-14-,18-15-,23-20-,28-27-,30-25-. The minimum absolute atomic E-state index is 0.0912. The van der Waals surface area contributed by atoms with Crippen molar-refractivity contribution in [3.63, 3.8) is 0 Å². The molecule has 0 radical (unpaired) electrons. The fraction of sp³-hybridized carbons (Fsp3) is 0.732. The number of esters is 3. The van der Waals surface area contributed by atoms with Gasteiger partial charge in [-0.05, 0) is 83.5 Å². The Labute approximate surface area is 382 Å². The summed E-state index contributed by atoms with van der Waals surface area (Å²) in [6, 6.07) is 0. The van der Waals surface area contributed by atoms with Gasteiger partial charge in [0.05, 0.1) is 0 Å². The van der Waals surface area contributed by atoms with E-state index in [1.807, 2.05) is 18.2 Å². The highest BCUT2D eigenvalue weighted by atomic mass is 16.6. The van der Waals surface area contributed by atoms with Crippen LogP contribution in [-0.2, 0) is 28.6 Å². The third-order valence-corrected chi connectivity index (χ3v) is 11.0. The molecule has 1 unspecified atom stereocenters. The van der Waals surface area contributed by atoms with Crippen molar-refractivity contribution in [2.45, 2.75) is 252 Å². The van der Waals surface area contributed by atoms with Crippen molar-refractivity contribution >= 4 is 17.9 Å². The zero-order valence-corrected chi connectivity index (χ0v) is 40.6. The number of hydrogen-bond donors (Lipinski definition) is 0. The van der Waals surface area contributed by atoms with Crippen molar-refractivity contribution in [1.82, 2.24) is 0 Å². The van der Waals surface area contributed by atoms with Crippen LogP contribution in [0.25, 0.3) is 0 Å². The van der Waals surface area contributed by atoms with Gasteiger partial charge in [0.1, 0.15) is 13.2 Å². The minimum Gasteiger partial charge on any atom is -0.462 e. The van der Waals surface area contributed by atoms with Crippen LogP contribution >= 0.6 is 0 Å². The van der Waals surface area contributed by atoms with Crippen LogP contribution < -0.4 is 0 Å². The summed E-state index contributed by atoms with van der Waals surface area (Å²) in [5.74, 6) is -0.932. The van der Waals surface area contributed by atoms with Crippen molar-refractivity contribution in [1.29, 1.82) is 0 Å². The van der Waals surface area contributed by atoms with Gasteiger partial charge >= 0.3 is 17.9 Å². The van der Waals surface area contributed by atoms with Gasteiger partial charge in [0.2, 0.25) is 0 Å². The normalized spacial score (nSPS) is 12.6. The number of carbonyl (C=O) groups is 3. The van der Waals surface area contributed by atoms with E-state index >= 15 is 0 Å². The van der Waals surface area contributed by atoms with Gasteiger partial charge in [-0.15, -0.1) is 0 Å². The summed E-state index contributed by atoms with van der Waals surface area (Å²) in [6.45, 7) is 6.42. The molecule has 0 aromatic rings. The Kier molecular flexibility index (Phi) is 47.9. The number of ether oxygens (including phenoxy) is 3. The molecule has 0 aromatic heterocycles. The lowest BCUT2D eigenvalue weighted by molar-refractivity contribution is -0.167. The Morgan fingerprint density at radius 3 is 1.08 bits per heavy atom. The molecule has 0 fully saturated rings. The summed E-state index contributed by atoms with van der Waals surface area (Å²) in [7, 11) is 0. The Hall–Kier alpha value is -3.15. The number of unbranched alkanes of at least 4 members (excludes halogenated alkanes) is 26. The average Bonchev–Trinajstić information content (AvgIpc) is 3.27. The smallest absolute Gasteiger partial charge is 0.306 e. The van der Waals surface area contributed by atoms with Crippen LogP contribution in [0.15, 0.2) is 72.9 Å². The first-order valence-corrected chi connectivity index (χ1v) is 26.0. The lowest BCUT2D eigenvalue weighted by atomic mass is 10.1. The molecular weight excluding hydrogens is 769 g/mol. The molecule has 6 nitrogen and oxygen atoms in total. The van der Waals surface area contributed by atoms with Crippen molar-refractivity contribution in [2.24, 2.45) is 0 Å². The summed E-state index contributed by atoms with van der Waals surface area (Å²) in [5, 5.41) is 0. The highest BCUT2D eigenvalue weighted by Crippen LogP contribution is 2.14. The molecule has 0 spiro atoms. The lowest BCUT2D eigenvalue weighted by Gasteiger charge is -2.18. The van der Waals surface area contributed by atoms with Crippen molar-refractivity contribution in [2.75, 3.05) is 13.2 Å². The molecule has 6 heteroatoms. The molecule has 0 aliphatic heterocycles. The molecule has 1 atom stereocenters. The van der Waals surface area contributed by atoms with E-state index in [9.17, 15) is 14.4 Å². The molecule has 62 heavy (non-hydrogen) atoms. The van der Waals surface area contributed by atoms with E-state index in [4.69, 9.17) is 14.2 Å². The summed E-state index contributed by atoms with van der Waals surface area (Å²) >= 11 is 0. The van der Waals surface area contributed by atoms with E-state index in [-0.39, 0.29) is 31.1 Å². The lowest BCUT2D eigenvalue weighted by Crippen LogP contribution is -2.30. The molecule has 0 saturated carbocycles. The zero-order chi connectivity index (χ0) is 45.1. The number of rotatable bonds is 46. The SMILES string of the molecule is CC\C=C/C=C\C=C/C=C\CCCCCCCC(=O)OC(COC(=O)CCCCCC/C=C\CCCC)COC(=O)CCCCCCCCC/C=C\CCCCCCCCCC. The Bertz CT molecular complexity index is 1180. The molecule has 0 aliphatic rings. The van der Waals surface area contributed by atoms with E-state index in [2.05, 4.69) is 75.5 Å². The summed E-state index contributed by atoms with van der Waals surface area (Å²) < 4.78 is 16.7. The molecule has 0 N–H and O–H groups in total. The van der Waals surface area contributed by atoms with E-state index in [1.165, 1.54) is 103 Å². The first kappa shape index (κ1) is 58.9. The third kappa shape index (κ3) is 47.9. The van der Waals surface area contributed by atoms with Gasteiger partial charge in [0.25, 0.3) is 0 Å². The third-order valence-electron chi connectivity index (χ3n) is 11.0.